The van der Waals surface area contributed by atoms with Crippen LogP contribution in [-0.2, 0) is 27.7 Å². The normalized spacial score (nSPS) is 14.3. The molecule has 4 rings (SSSR count). The van der Waals surface area contributed by atoms with Gasteiger partial charge in [0.25, 0.3) is 0 Å². The van der Waals surface area contributed by atoms with Gasteiger partial charge in [-0.05, 0) is 43.3 Å². The molecule has 0 saturated heterocycles. The molecule has 9 heteroatoms. The fraction of sp³-hybridized carbons (Fsp3) is 0.238. The van der Waals surface area contributed by atoms with E-state index < -0.39 is 21.8 Å². The number of halogens is 1. The second-order valence-electron chi connectivity index (χ2n) is 6.78. The number of carbonyl (C=O) groups is 1. The van der Waals surface area contributed by atoms with Gasteiger partial charge in [-0.2, -0.15) is 9.40 Å². The molecule has 0 aliphatic carbocycles. The van der Waals surface area contributed by atoms with Crippen LogP contribution in [0.2, 0.25) is 0 Å². The van der Waals surface area contributed by atoms with Crippen molar-refractivity contribution in [3.05, 3.63) is 77.4 Å². The summed E-state index contributed by atoms with van der Waals surface area (Å²) < 4.78 is 47.4. The number of rotatable bonds is 5. The highest BCUT2D eigenvalue weighted by molar-refractivity contribution is 7.89. The summed E-state index contributed by atoms with van der Waals surface area (Å²) in [4.78, 5) is 12.5. The number of fused-ring (bicyclic) bond motifs is 1. The molecule has 0 N–H and O–H groups in total. The fourth-order valence-corrected chi connectivity index (χ4v) is 4.91. The first-order valence-electron chi connectivity index (χ1n) is 9.51. The van der Waals surface area contributed by atoms with Crippen LogP contribution in [0.3, 0.4) is 0 Å². The molecular formula is C21H20FN3O4S. The quantitative estimate of drug-likeness (QED) is 0.583. The summed E-state index contributed by atoms with van der Waals surface area (Å²) in [5.41, 5.74) is 2.18. The molecule has 30 heavy (non-hydrogen) atoms. The number of ether oxygens (including phenoxy) is 1. The first-order chi connectivity index (χ1) is 14.4. The summed E-state index contributed by atoms with van der Waals surface area (Å²) in [5, 5.41) is 4.45. The number of benzene rings is 2. The van der Waals surface area contributed by atoms with Gasteiger partial charge >= 0.3 is 5.97 Å². The molecule has 0 spiro atoms. The van der Waals surface area contributed by atoms with E-state index in [-0.39, 0.29) is 30.3 Å². The van der Waals surface area contributed by atoms with E-state index in [0.29, 0.717) is 12.0 Å². The molecular weight excluding hydrogens is 409 g/mol. The lowest BCUT2D eigenvalue weighted by molar-refractivity contribution is 0.0517. The summed E-state index contributed by atoms with van der Waals surface area (Å²) >= 11 is 0. The molecule has 0 bridgehead atoms. The van der Waals surface area contributed by atoms with Crippen LogP contribution >= 0.6 is 0 Å². The van der Waals surface area contributed by atoms with Crippen LogP contribution in [0.4, 0.5) is 4.39 Å². The summed E-state index contributed by atoms with van der Waals surface area (Å²) in [6.45, 7) is 2.08. The highest BCUT2D eigenvalue weighted by Gasteiger charge is 2.34. The Morgan fingerprint density at radius 3 is 2.50 bits per heavy atom. The zero-order chi connectivity index (χ0) is 21.3. The Labute approximate surface area is 173 Å². The summed E-state index contributed by atoms with van der Waals surface area (Å²) in [6.07, 6.45) is 0.372. The molecule has 1 aliphatic heterocycles. The Morgan fingerprint density at radius 1 is 1.13 bits per heavy atom. The van der Waals surface area contributed by atoms with Gasteiger partial charge in [0, 0.05) is 25.1 Å². The summed E-state index contributed by atoms with van der Waals surface area (Å²) in [6, 6.07) is 14.0. The van der Waals surface area contributed by atoms with Crippen LogP contribution in [0, 0.1) is 5.82 Å². The molecule has 1 aliphatic rings. The Balaban J connectivity index is 1.75. The molecule has 0 amide bonds. The maximum Gasteiger partial charge on any atom is 0.359 e. The first kappa shape index (κ1) is 20.2. The lowest BCUT2D eigenvalue weighted by atomic mass is 10.1. The summed E-state index contributed by atoms with van der Waals surface area (Å²) in [7, 11) is -3.85. The van der Waals surface area contributed by atoms with E-state index in [9.17, 15) is 17.6 Å². The average Bonchev–Trinajstić information content (AvgIpc) is 3.14. The molecule has 3 aromatic rings. The van der Waals surface area contributed by atoms with Crippen molar-refractivity contribution < 1.29 is 22.3 Å². The predicted octanol–water partition coefficient (Wildman–Crippen LogP) is 2.94. The molecule has 0 radical (unpaired) electrons. The minimum atomic E-state index is -3.85. The molecule has 2 aromatic carbocycles. The van der Waals surface area contributed by atoms with E-state index in [0.717, 1.165) is 23.5 Å². The zero-order valence-corrected chi connectivity index (χ0v) is 17.1. The van der Waals surface area contributed by atoms with Gasteiger partial charge in [0.05, 0.1) is 22.9 Å². The van der Waals surface area contributed by atoms with E-state index >= 15 is 0 Å². The molecule has 0 saturated carbocycles. The number of hydrogen-bond donors (Lipinski definition) is 0. The van der Waals surface area contributed by atoms with E-state index in [1.807, 2.05) is 30.3 Å². The molecule has 0 atom stereocenters. The Kier molecular flexibility index (Phi) is 5.40. The smallest absolute Gasteiger partial charge is 0.359 e. The number of carbonyl (C=O) groups excluding carboxylic acids is 1. The number of hydrogen-bond acceptors (Lipinski definition) is 5. The highest BCUT2D eigenvalue weighted by Crippen LogP contribution is 2.29. The maximum absolute atomic E-state index is 13.2. The number of sulfonamides is 1. The lowest BCUT2D eigenvalue weighted by Gasteiger charge is -2.27. The number of nitrogens with zero attached hydrogens (tertiary/aromatic N) is 3. The monoisotopic (exact) mass is 429 g/mol. The van der Waals surface area contributed by atoms with E-state index in [1.165, 1.54) is 16.4 Å². The largest absolute Gasteiger partial charge is 0.461 e. The highest BCUT2D eigenvalue weighted by atomic mass is 32.2. The molecule has 1 aromatic heterocycles. The van der Waals surface area contributed by atoms with Crippen LogP contribution in [0.1, 0.15) is 28.7 Å². The van der Waals surface area contributed by atoms with Gasteiger partial charge in [-0.1, -0.05) is 18.2 Å². The van der Waals surface area contributed by atoms with Crippen molar-refractivity contribution in [1.29, 1.82) is 0 Å². The first-order valence-corrected chi connectivity index (χ1v) is 10.9. The Hall–Kier alpha value is -3.04. The average molecular weight is 429 g/mol. The zero-order valence-electron chi connectivity index (χ0n) is 16.3. The summed E-state index contributed by atoms with van der Waals surface area (Å²) in [5.74, 6) is -1.10. The van der Waals surface area contributed by atoms with E-state index in [2.05, 4.69) is 5.10 Å². The van der Waals surface area contributed by atoms with Crippen molar-refractivity contribution in [2.75, 3.05) is 13.2 Å². The SMILES string of the molecule is CCOC(=O)c1nn(-c2ccccc2)c2c1CN(S(=O)(=O)c1ccc(F)cc1)CC2. The number of aromatic nitrogens is 2. The molecule has 7 nitrogen and oxygen atoms in total. The van der Waals surface area contributed by atoms with Gasteiger partial charge < -0.3 is 4.74 Å². The van der Waals surface area contributed by atoms with Crippen LogP contribution in [0.15, 0.2) is 59.5 Å². The van der Waals surface area contributed by atoms with Gasteiger partial charge in [-0.3, -0.25) is 0 Å². The standard InChI is InChI=1S/C21H20FN3O4S/c1-2-29-21(26)20-18-14-24(30(27,28)17-10-8-15(22)9-11-17)13-12-19(18)25(23-20)16-6-4-3-5-7-16/h3-11H,2,12-14H2,1H3. The number of para-hydroxylation sites is 1. The lowest BCUT2D eigenvalue weighted by Crippen LogP contribution is -2.36. The van der Waals surface area contributed by atoms with Gasteiger partial charge in [-0.15, -0.1) is 0 Å². The van der Waals surface area contributed by atoms with Gasteiger partial charge in [0.2, 0.25) is 10.0 Å². The Morgan fingerprint density at radius 2 is 1.83 bits per heavy atom. The molecule has 0 fully saturated rings. The third kappa shape index (κ3) is 3.61. The Bertz CT molecular complexity index is 1170. The molecule has 156 valence electrons. The van der Waals surface area contributed by atoms with Crippen LogP contribution in [0.25, 0.3) is 5.69 Å². The topological polar surface area (TPSA) is 81.5 Å². The van der Waals surface area contributed by atoms with Crippen molar-refractivity contribution in [3.63, 3.8) is 0 Å². The van der Waals surface area contributed by atoms with Gasteiger partial charge in [0.1, 0.15) is 5.82 Å². The third-order valence-electron chi connectivity index (χ3n) is 4.94. The minimum Gasteiger partial charge on any atom is -0.461 e. The number of esters is 1. The van der Waals surface area contributed by atoms with Crippen molar-refractivity contribution in [2.45, 2.75) is 24.8 Å². The van der Waals surface area contributed by atoms with E-state index in [4.69, 9.17) is 4.74 Å². The second-order valence-corrected chi connectivity index (χ2v) is 8.72. The predicted molar refractivity (Wildman–Crippen MR) is 107 cm³/mol. The molecule has 2 heterocycles. The van der Waals surface area contributed by atoms with Crippen molar-refractivity contribution in [3.8, 4) is 5.69 Å². The van der Waals surface area contributed by atoms with Gasteiger partial charge in [0.15, 0.2) is 5.69 Å². The van der Waals surface area contributed by atoms with Crippen LogP contribution in [0.5, 0.6) is 0 Å². The van der Waals surface area contributed by atoms with E-state index in [1.54, 1.807) is 11.6 Å². The fourth-order valence-electron chi connectivity index (χ4n) is 3.50. The van der Waals surface area contributed by atoms with Crippen LogP contribution in [-0.4, -0.2) is 41.6 Å². The minimum absolute atomic E-state index is 0.000450. The second kappa shape index (κ2) is 8.00. The molecule has 0 unspecified atom stereocenters. The maximum atomic E-state index is 13.2. The van der Waals surface area contributed by atoms with Gasteiger partial charge in [-0.25, -0.2) is 22.3 Å². The van der Waals surface area contributed by atoms with Crippen molar-refractivity contribution in [2.24, 2.45) is 0 Å². The van der Waals surface area contributed by atoms with Crippen molar-refractivity contribution >= 4 is 16.0 Å². The van der Waals surface area contributed by atoms with Crippen molar-refractivity contribution in [1.82, 2.24) is 14.1 Å². The third-order valence-corrected chi connectivity index (χ3v) is 6.80. The van der Waals surface area contributed by atoms with Crippen LogP contribution < -0.4 is 0 Å².